The van der Waals surface area contributed by atoms with Gasteiger partial charge in [-0.2, -0.15) is 0 Å². The molecule has 0 amide bonds. The molecule has 2 aromatic heterocycles. The fraction of sp³-hybridized carbons (Fsp3) is 0.250. The number of anilines is 1. The number of aromatic nitrogens is 3. The first-order valence-corrected chi connectivity index (χ1v) is 6.32. The van der Waals surface area contributed by atoms with Gasteiger partial charge in [-0.3, -0.25) is 0 Å². The summed E-state index contributed by atoms with van der Waals surface area (Å²) in [6.07, 6.45) is 0. The van der Waals surface area contributed by atoms with Crippen molar-refractivity contribution in [3.63, 3.8) is 0 Å². The third kappa shape index (κ3) is 3.24. The minimum absolute atomic E-state index is 0.0443. The molecule has 0 atom stereocenters. The van der Waals surface area contributed by atoms with Gasteiger partial charge in [-0.25, -0.2) is 15.0 Å². The minimum Gasteiger partial charge on any atom is -0.505 e. The summed E-state index contributed by atoms with van der Waals surface area (Å²) in [5, 5.41) is 12.9. The predicted molar refractivity (Wildman–Crippen MR) is 74.8 cm³/mol. The second-order valence-corrected chi connectivity index (χ2v) is 4.72. The van der Waals surface area contributed by atoms with Gasteiger partial charge < -0.3 is 10.4 Å². The number of hydrogen-bond donors (Lipinski definition) is 2. The Morgan fingerprint density at radius 2 is 1.89 bits per heavy atom. The van der Waals surface area contributed by atoms with Crippen molar-refractivity contribution in [3.05, 3.63) is 39.5 Å². The van der Waals surface area contributed by atoms with Crippen molar-refractivity contribution in [2.24, 2.45) is 0 Å². The summed E-state index contributed by atoms with van der Waals surface area (Å²) in [4.78, 5) is 12.4. The summed E-state index contributed by atoms with van der Waals surface area (Å²) >= 11 is 11.9. The number of rotatable bonds is 3. The molecule has 2 N–H and O–H groups in total. The van der Waals surface area contributed by atoms with E-state index in [-0.39, 0.29) is 10.9 Å². The van der Waals surface area contributed by atoms with Gasteiger partial charge in [-0.1, -0.05) is 23.2 Å². The molecule has 0 aliphatic carbocycles. The van der Waals surface area contributed by atoms with Crippen molar-refractivity contribution in [3.8, 4) is 5.75 Å². The van der Waals surface area contributed by atoms with Crippen molar-refractivity contribution in [1.82, 2.24) is 15.0 Å². The number of aryl methyl sites for hydroxylation is 2. The van der Waals surface area contributed by atoms with Gasteiger partial charge in [0.25, 0.3) is 0 Å². The monoisotopic (exact) mass is 298 g/mol. The van der Waals surface area contributed by atoms with Crippen LogP contribution in [-0.2, 0) is 6.54 Å². The zero-order valence-corrected chi connectivity index (χ0v) is 11.9. The maximum Gasteiger partial charge on any atom is 0.171 e. The van der Waals surface area contributed by atoms with E-state index in [0.29, 0.717) is 34.6 Å². The van der Waals surface area contributed by atoms with E-state index in [2.05, 4.69) is 20.3 Å². The minimum atomic E-state index is -0.0443. The van der Waals surface area contributed by atoms with Gasteiger partial charge in [0.05, 0.1) is 17.9 Å². The van der Waals surface area contributed by atoms with Crippen LogP contribution in [0.4, 0.5) is 5.82 Å². The molecule has 100 valence electrons. The molecule has 0 unspecified atom stereocenters. The molecule has 5 nitrogen and oxygen atoms in total. The van der Waals surface area contributed by atoms with E-state index in [1.807, 2.05) is 6.92 Å². The summed E-state index contributed by atoms with van der Waals surface area (Å²) in [5.74, 6) is 1.15. The lowest BCUT2D eigenvalue weighted by Gasteiger charge is -2.09. The van der Waals surface area contributed by atoms with Crippen molar-refractivity contribution < 1.29 is 5.11 Å². The summed E-state index contributed by atoms with van der Waals surface area (Å²) in [6.45, 7) is 4.01. The van der Waals surface area contributed by atoms with E-state index < -0.39 is 0 Å². The fourth-order valence-corrected chi connectivity index (χ4v) is 1.88. The Kier molecular flexibility index (Phi) is 4.07. The molecule has 7 heteroatoms. The fourth-order valence-electron chi connectivity index (χ4n) is 1.55. The second kappa shape index (κ2) is 5.59. The Labute approximate surface area is 120 Å². The van der Waals surface area contributed by atoms with Crippen LogP contribution >= 0.6 is 23.2 Å². The third-order valence-corrected chi connectivity index (χ3v) is 3.18. The smallest absolute Gasteiger partial charge is 0.171 e. The van der Waals surface area contributed by atoms with E-state index in [1.54, 1.807) is 13.0 Å². The van der Waals surface area contributed by atoms with E-state index in [4.69, 9.17) is 23.2 Å². The van der Waals surface area contributed by atoms with Crippen LogP contribution in [0.5, 0.6) is 5.75 Å². The van der Waals surface area contributed by atoms with E-state index in [9.17, 15) is 5.11 Å². The molecule has 0 saturated carbocycles. The average Bonchev–Trinajstić information content (AvgIpc) is 2.36. The Bertz CT molecular complexity index is 619. The maximum absolute atomic E-state index is 9.29. The SMILES string of the molecule is Cc1nc(C)c(Cl)c(NCc2ccc(O)c(Cl)n2)n1. The lowest BCUT2D eigenvalue weighted by molar-refractivity contribution is 0.472. The van der Waals surface area contributed by atoms with Gasteiger partial charge >= 0.3 is 0 Å². The molecule has 2 heterocycles. The molecule has 19 heavy (non-hydrogen) atoms. The highest BCUT2D eigenvalue weighted by Gasteiger charge is 2.08. The molecular formula is C12H12Cl2N4O. The second-order valence-electron chi connectivity index (χ2n) is 3.98. The highest BCUT2D eigenvalue weighted by molar-refractivity contribution is 6.33. The Balaban J connectivity index is 2.16. The average molecular weight is 299 g/mol. The highest BCUT2D eigenvalue weighted by Crippen LogP contribution is 2.23. The topological polar surface area (TPSA) is 70.9 Å². The molecule has 2 rings (SSSR count). The van der Waals surface area contributed by atoms with E-state index in [1.165, 1.54) is 6.07 Å². The first-order valence-electron chi connectivity index (χ1n) is 5.56. The Hall–Kier alpha value is -1.59. The Morgan fingerprint density at radius 3 is 2.58 bits per heavy atom. The lowest BCUT2D eigenvalue weighted by Crippen LogP contribution is -2.06. The molecule has 0 aliphatic heterocycles. The van der Waals surface area contributed by atoms with Crippen LogP contribution in [-0.4, -0.2) is 20.1 Å². The number of nitrogens with zero attached hydrogens (tertiary/aromatic N) is 3. The van der Waals surface area contributed by atoms with Gasteiger partial charge in [-0.05, 0) is 26.0 Å². The Morgan fingerprint density at radius 1 is 1.16 bits per heavy atom. The quantitative estimate of drug-likeness (QED) is 0.852. The normalized spacial score (nSPS) is 10.5. The first kappa shape index (κ1) is 13.8. The van der Waals surface area contributed by atoms with Gasteiger partial charge in [0.1, 0.15) is 16.7 Å². The molecule has 0 aromatic carbocycles. The lowest BCUT2D eigenvalue weighted by atomic mass is 10.3. The molecule has 0 saturated heterocycles. The number of aromatic hydroxyl groups is 1. The van der Waals surface area contributed by atoms with Gasteiger partial charge in [0, 0.05) is 0 Å². The molecule has 0 bridgehead atoms. The molecular weight excluding hydrogens is 287 g/mol. The summed E-state index contributed by atoms with van der Waals surface area (Å²) in [5.41, 5.74) is 1.39. The number of hydrogen-bond acceptors (Lipinski definition) is 5. The van der Waals surface area contributed by atoms with Crippen molar-refractivity contribution in [2.45, 2.75) is 20.4 Å². The molecule has 0 fully saturated rings. The third-order valence-electron chi connectivity index (χ3n) is 2.45. The highest BCUT2D eigenvalue weighted by atomic mass is 35.5. The van der Waals surface area contributed by atoms with Crippen LogP contribution < -0.4 is 5.32 Å². The summed E-state index contributed by atoms with van der Waals surface area (Å²) in [6, 6.07) is 3.16. The van der Waals surface area contributed by atoms with Gasteiger partial charge in [0.2, 0.25) is 0 Å². The maximum atomic E-state index is 9.29. The summed E-state index contributed by atoms with van der Waals surface area (Å²) < 4.78 is 0. The summed E-state index contributed by atoms with van der Waals surface area (Å²) in [7, 11) is 0. The van der Waals surface area contributed by atoms with Crippen LogP contribution in [0.3, 0.4) is 0 Å². The van der Waals surface area contributed by atoms with Crippen LogP contribution in [0, 0.1) is 13.8 Å². The molecule has 0 radical (unpaired) electrons. The first-order chi connectivity index (χ1) is 8.97. The molecule has 0 spiro atoms. The number of pyridine rings is 1. The van der Waals surface area contributed by atoms with Crippen LogP contribution in [0.25, 0.3) is 0 Å². The standard InChI is InChI=1S/C12H12Cl2N4O/c1-6-10(13)12(17-7(2)16-6)15-5-8-3-4-9(19)11(14)18-8/h3-4,19H,5H2,1-2H3,(H,15,16,17). The van der Waals surface area contributed by atoms with Crippen LogP contribution in [0.1, 0.15) is 17.2 Å². The zero-order valence-electron chi connectivity index (χ0n) is 10.4. The van der Waals surface area contributed by atoms with Crippen LogP contribution in [0.2, 0.25) is 10.2 Å². The number of nitrogens with one attached hydrogen (secondary N) is 1. The molecule has 0 aliphatic rings. The number of halogens is 2. The zero-order chi connectivity index (χ0) is 14.0. The van der Waals surface area contributed by atoms with Crippen molar-refractivity contribution in [1.29, 1.82) is 0 Å². The van der Waals surface area contributed by atoms with E-state index in [0.717, 1.165) is 0 Å². The van der Waals surface area contributed by atoms with Gasteiger partial charge in [0.15, 0.2) is 10.9 Å². The van der Waals surface area contributed by atoms with Gasteiger partial charge in [-0.15, -0.1) is 0 Å². The van der Waals surface area contributed by atoms with Crippen molar-refractivity contribution in [2.75, 3.05) is 5.32 Å². The van der Waals surface area contributed by atoms with Crippen molar-refractivity contribution >= 4 is 29.0 Å². The molecule has 2 aromatic rings. The van der Waals surface area contributed by atoms with E-state index >= 15 is 0 Å². The largest absolute Gasteiger partial charge is 0.505 e. The van der Waals surface area contributed by atoms with Crippen LogP contribution in [0.15, 0.2) is 12.1 Å². The predicted octanol–water partition coefficient (Wildman–Crippen LogP) is 3.11.